The molecule has 0 bridgehead atoms. The van der Waals surface area contributed by atoms with Crippen molar-refractivity contribution < 1.29 is 31.2 Å². The fraction of sp³-hybridized carbons (Fsp3) is 0.400. The highest BCUT2D eigenvalue weighted by atomic mass is 127. The van der Waals surface area contributed by atoms with Gasteiger partial charge in [0, 0.05) is 10.0 Å². The summed E-state index contributed by atoms with van der Waals surface area (Å²) in [6, 6.07) is 14.5. The number of hydrogen-bond donors (Lipinski definition) is 0. The second kappa shape index (κ2) is 11.6. The van der Waals surface area contributed by atoms with Crippen molar-refractivity contribution in [2.24, 2.45) is 0 Å². The molecule has 0 spiro atoms. The quantitative estimate of drug-likeness (QED) is 0.323. The maximum absolute atomic E-state index is 12.6. The third-order valence-corrected chi connectivity index (χ3v) is 11.9. The molecule has 149 valence electrons. The largest absolute Gasteiger partial charge is 0.324 e. The molecule has 0 saturated carbocycles. The van der Waals surface area contributed by atoms with Gasteiger partial charge in [0.25, 0.3) is 0 Å². The Balaban J connectivity index is 2.09. The van der Waals surface area contributed by atoms with Gasteiger partial charge in [-0.2, -0.15) is 8.42 Å². The first-order chi connectivity index (χ1) is 12.9. The molecule has 2 aromatic rings. The predicted octanol–water partition coefficient (Wildman–Crippen LogP) is 3.28. The topological polar surface area (TPSA) is 43.4 Å². The van der Waals surface area contributed by atoms with E-state index in [0.717, 1.165) is 26.4 Å². The van der Waals surface area contributed by atoms with Crippen molar-refractivity contribution >= 4 is 33.3 Å². The van der Waals surface area contributed by atoms with Crippen LogP contribution in [0, 0.1) is 7.14 Å². The SMILES string of the molecule is CCCCCCCCS(=O)(=O)O[I+](c1ccc(Cl)cc1)c1ccc(Cl)cc1. The minimum absolute atomic E-state index is 0.0638. The summed E-state index contributed by atoms with van der Waals surface area (Å²) in [6.07, 6.45) is 6.16. The average Bonchev–Trinajstić information content (AvgIpc) is 2.64. The molecule has 3 nitrogen and oxygen atoms in total. The normalized spacial score (nSPS) is 11.9. The van der Waals surface area contributed by atoms with Gasteiger partial charge in [-0.25, -0.2) is 0 Å². The van der Waals surface area contributed by atoms with Crippen LogP contribution in [0.1, 0.15) is 45.4 Å². The van der Waals surface area contributed by atoms with Crippen LogP contribution in [0.25, 0.3) is 0 Å². The highest BCUT2D eigenvalue weighted by Gasteiger charge is 2.36. The van der Waals surface area contributed by atoms with Crippen molar-refractivity contribution in [1.29, 1.82) is 0 Å². The van der Waals surface area contributed by atoms with Crippen LogP contribution < -0.4 is 20.2 Å². The third kappa shape index (κ3) is 8.28. The van der Waals surface area contributed by atoms with Crippen molar-refractivity contribution in [3.8, 4) is 0 Å². The van der Waals surface area contributed by atoms with Crippen molar-refractivity contribution in [1.82, 2.24) is 0 Å². The Morgan fingerprint density at radius 2 is 1.22 bits per heavy atom. The lowest BCUT2D eigenvalue weighted by Crippen LogP contribution is -3.85. The summed E-state index contributed by atoms with van der Waals surface area (Å²) in [4.78, 5) is 0. The second-order valence-corrected chi connectivity index (χ2v) is 13.7. The highest BCUT2D eigenvalue weighted by molar-refractivity contribution is 7.86. The molecule has 0 atom stereocenters. The summed E-state index contributed by atoms with van der Waals surface area (Å²) in [5.74, 6) is 0.0638. The summed E-state index contributed by atoms with van der Waals surface area (Å²) in [7, 11) is -3.59. The molecule has 0 unspecified atom stereocenters. The van der Waals surface area contributed by atoms with E-state index in [-0.39, 0.29) is 5.75 Å². The molecule has 0 fully saturated rings. The summed E-state index contributed by atoms with van der Waals surface area (Å²) >= 11 is 9.35. The zero-order valence-corrected chi connectivity index (χ0v) is 19.8. The van der Waals surface area contributed by atoms with Crippen LogP contribution in [0.15, 0.2) is 48.5 Å². The van der Waals surface area contributed by atoms with Crippen molar-refractivity contribution in [2.45, 2.75) is 45.4 Å². The van der Waals surface area contributed by atoms with E-state index in [2.05, 4.69) is 6.92 Å². The van der Waals surface area contributed by atoms with Gasteiger partial charge in [-0.05, 0) is 57.5 Å². The number of halogens is 3. The van der Waals surface area contributed by atoms with Gasteiger partial charge in [-0.15, -0.1) is 0 Å². The van der Waals surface area contributed by atoms with E-state index in [1.807, 2.05) is 24.3 Å². The Hall–Kier alpha value is -0.340. The van der Waals surface area contributed by atoms with Crippen LogP contribution in [0.5, 0.6) is 0 Å². The molecule has 27 heavy (non-hydrogen) atoms. The number of hydrogen-bond acceptors (Lipinski definition) is 3. The fourth-order valence-electron chi connectivity index (χ4n) is 2.47. The van der Waals surface area contributed by atoms with E-state index in [1.54, 1.807) is 24.3 Å². The van der Waals surface area contributed by atoms with Crippen LogP contribution in [0.3, 0.4) is 0 Å². The number of rotatable bonds is 11. The Morgan fingerprint density at radius 1 is 0.778 bits per heavy atom. The van der Waals surface area contributed by atoms with E-state index in [1.165, 1.54) is 12.8 Å². The first-order valence-electron chi connectivity index (χ1n) is 9.05. The maximum atomic E-state index is 12.6. The molecular formula is C20H25Cl2IO3S+. The molecular weight excluding hydrogens is 518 g/mol. The Morgan fingerprint density at radius 3 is 1.70 bits per heavy atom. The summed E-state index contributed by atoms with van der Waals surface area (Å²) < 4.78 is 32.7. The minimum atomic E-state index is -3.59. The smallest absolute Gasteiger partial charge is 0.196 e. The lowest BCUT2D eigenvalue weighted by Gasteiger charge is -2.06. The molecule has 0 aromatic heterocycles. The molecule has 1 radical (unpaired) electrons. The summed E-state index contributed by atoms with van der Waals surface area (Å²) in [6.45, 7) is 2.16. The van der Waals surface area contributed by atoms with Gasteiger partial charge in [0.2, 0.25) is 0 Å². The fourth-order valence-corrected chi connectivity index (χ4v) is 9.86. The zero-order chi connectivity index (χ0) is 19.7. The average molecular weight is 543 g/mol. The van der Waals surface area contributed by atoms with Crippen molar-refractivity contribution in [3.63, 3.8) is 0 Å². The van der Waals surface area contributed by atoms with Crippen LogP contribution >= 0.6 is 23.2 Å². The second-order valence-electron chi connectivity index (χ2n) is 6.21. The monoisotopic (exact) mass is 542 g/mol. The van der Waals surface area contributed by atoms with E-state index < -0.39 is 30.4 Å². The molecule has 0 aliphatic carbocycles. The summed E-state index contributed by atoms with van der Waals surface area (Å²) in [5, 5.41) is 1.22. The van der Waals surface area contributed by atoms with E-state index >= 15 is 0 Å². The first-order valence-corrected chi connectivity index (χ1v) is 14.4. The first kappa shape index (κ1) is 22.9. The van der Waals surface area contributed by atoms with Gasteiger partial charge >= 0.3 is 30.4 Å². The molecule has 2 aromatic carbocycles. The van der Waals surface area contributed by atoms with Crippen LogP contribution in [0.4, 0.5) is 0 Å². The molecule has 0 N–H and O–H groups in total. The molecule has 7 heteroatoms. The molecule has 0 saturated heterocycles. The van der Waals surface area contributed by atoms with Crippen molar-refractivity contribution in [3.05, 3.63) is 65.7 Å². The van der Waals surface area contributed by atoms with Crippen LogP contribution in [0.2, 0.25) is 10.0 Å². The number of benzene rings is 2. The zero-order valence-electron chi connectivity index (χ0n) is 15.3. The molecule has 0 aliphatic rings. The van der Waals surface area contributed by atoms with E-state index in [9.17, 15) is 8.42 Å². The molecule has 0 aliphatic heterocycles. The van der Waals surface area contributed by atoms with Crippen LogP contribution in [-0.4, -0.2) is 14.2 Å². The van der Waals surface area contributed by atoms with Crippen LogP contribution in [-0.2, 0) is 12.6 Å². The maximum Gasteiger partial charge on any atom is 0.324 e. The number of unbranched alkanes of at least 4 members (excludes halogenated alkanes) is 5. The van der Waals surface area contributed by atoms with Gasteiger partial charge in [0.1, 0.15) is 0 Å². The van der Waals surface area contributed by atoms with Crippen molar-refractivity contribution in [2.75, 3.05) is 5.75 Å². The summed E-state index contributed by atoms with van der Waals surface area (Å²) in [5.41, 5.74) is 0. The third-order valence-electron chi connectivity index (χ3n) is 3.91. The minimum Gasteiger partial charge on any atom is -0.196 e. The van der Waals surface area contributed by atoms with Gasteiger partial charge in [-0.3, -0.25) is 0 Å². The molecule has 2 rings (SSSR count). The molecule has 0 heterocycles. The van der Waals surface area contributed by atoms with E-state index in [0.29, 0.717) is 16.5 Å². The Bertz CT molecular complexity index is 747. The lowest BCUT2D eigenvalue weighted by atomic mass is 10.1. The van der Waals surface area contributed by atoms with Gasteiger partial charge in [0.05, 0.1) is 5.75 Å². The lowest BCUT2D eigenvalue weighted by molar-refractivity contribution is -1.03. The van der Waals surface area contributed by atoms with Gasteiger partial charge < -0.3 is 0 Å². The predicted molar refractivity (Wildman–Crippen MR) is 109 cm³/mol. The standard InChI is InChI=1S/C20H25Cl2IO3S/c1-2-3-4-5-6-7-16-27(24,25)26-23(19-12-8-17(21)9-13-19)20-14-10-18(22)11-15-20/h8-15H,2-7,16H2,1H3/q+1. The van der Waals surface area contributed by atoms with E-state index in [4.69, 9.17) is 25.7 Å². The Labute approximate surface area is 180 Å². The highest BCUT2D eigenvalue weighted by Crippen LogP contribution is 2.08. The molecule has 0 amide bonds. The van der Waals surface area contributed by atoms with Gasteiger partial charge in [-0.1, -0.05) is 62.2 Å². The Kier molecular flexibility index (Phi) is 9.87. The van der Waals surface area contributed by atoms with Gasteiger partial charge in [0.15, 0.2) is 7.14 Å².